The number of alkyl halides is 3. The summed E-state index contributed by atoms with van der Waals surface area (Å²) in [6.45, 7) is -0.539. The number of ether oxygens (including phenoxy) is 1. The van der Waals surface area contributed by atoms with Gasteiger partial charge in [-0.25, -0.2) is 9.87 Å². The SMILES string of the molecule is CONC(=O)COc1cc(-c2c(Cl)c(C(F)(F)F)n(C)c2Cl)c(F)cc1Cl. The van der Waals surface area contributed by atoms with Crippen LogP contribution in [0.5, 0.6) is 5.75 Å². The Morgan fingerprint density at radius 2 is 1.89 bits per heavy atom. The number of hydroxylamine groups is 1. The number of aromatic nitrogens is 1. The summed E-state index contributed by atoms with van der Waals surface area (Å²) in [6, 6.07) is 1.82. The van der Waals surface area contributed by atoms with E-state index >= 15 is 0 Å². The molecular formula is C15H11Cl3F4N2O3. The van der Waals surface area contributed by atoms with Gasteiger partial charge in [-0.2, -0.15) is 13.2 Å². The van der Waals surface area contributed by atoms with Crippen molar-refractivity contribution in [2.24, 2.45) is 7.05 Å². The summed E-state index contributed by atoms with van der Waals surface area (Å²) in [5.74, 6) is -1.81. The Morgan fingerprint density at radius 3 is 2.41 bits per heavy atom. The van der Waals surface area contributed by atoms with E-state index in [9.17, 15) is 22.4 Å². The van der Waals surface area contributed by atoms with Crippen LogP contribution in [-0.4, -0.2) is 24.2 Å². The lowest BCUT2D eigenvalue weighted by Gasteiger charge is -2.11. The molecule has 0 aliphatic heterocycles. The van der Waals surface area contributed by atoms with Crippen molar-refractivity contribution in [1.82, 2.24) is 10.0 Å². The van der Waals surface area contributed by atoms with Crippen LogP contribution in [0, 0.1) is 5.82 Å². The average molecular weight is 450 g/mol. The average Bonchev–Trinajstić information content (AvgIpc) is 2.77. The normalized spacial score (nSPS) is 11.6. The molecule has 0 aliphatic carbocycles. The lowest BCUT2D eigenvalue weighted by molar-refractivity contribution is -0.143. The van der Waals surface area contributed by atoms with Crippen LogP contribution < -0.4 is 10.2 Å². The molecular weight excluding hydrogens is 439 g/mol. The molecule has 148 valence electrons. The van der Waals surface area contributed by atoms with Crippen molar-refractivity contribution in [2.45, 2.75) is 6.18 Å². The molecule has 0 atom stereocenters. The van der Waals surface area contributed by atoms with Crippen molar-refractivity contribution >= 4 is 40.7 Å². The van der Waals surface area contributed by atoms with E-state index in [0.29, 0.717) is 4.57 Å². The zero-order chi connectivity index (χ0) is 20.5. The van der Waals surface area contributed by atoms with Gasteiger partial charge in [-0.3, -0.25) is 9.63 Å². The van der Waals surface area contributed by atoms with Crippen LogP contribution in [0.25, 0.3) is 11.1 Å². The summed E-state index contributed by atoms with van der Waals surface area (Å²) in [6.07, 6.45) is -4.81. The molecule has 0 unspecified atom stereocenters. The van der Waals surface area contributed by atoms with E-state index < -0.39 is 40.4 Å². The molecule has 0 aliphatic rings. The summed E-state index contributed by atoms with van der Waals surface area (Å²) in [5.41, 5.74) is -0.00233. The van der Waals surface area contributed by atoms with Crippen LogP contribution in [-0.2, 0) is 22.9 Å². The molecule has 0 spiro atoms. The Balaban J connectivity index is 2.54. The van der Waals surface area contributed by atoms with E-state index in [-0.39, 0.29) is 21.9 Å². The Kier molecular flexibility index (Phi) is 6.51. The second-order valence-corrected chi connectivity index (χ2v) is 6.31. The molecule has 0 fully saturated rings. The first-order valence-electron chi connectivity index (χ1n) is 7.03. The molecule has 2 aromatic rings. The Labute approximate surface area is 165 Å². The first kappa shape index (κ1) is 21.6. The molecule has 1 aromatic heterocycles. The van der Waals surface area contributed by atoms with E-state index in [1.54, 1.807) is 0 Å². The smallest absolute Gasteiger partial charge is 0.432 e. The van der Waals surface area contributed by atoms with E-state index in [4.69, 9.17) is 39.5 Å². The van der Waals surface area contributed by atoms with Crippen LogP contribution in [0.15, 0.2) is 12.1 Å². The maximum absolute atomic E-state index is 14.4. The number of carbonyl (C=O) groups excluding carboxylic acids is 1. The minimum Gasteiger partial charge on any atom is -0.482 e. The zero-order valence-corrected chi connectivity index (χ0v) is 15.9. The number of nitrogens with one attached hydrogen (secondary N) is 1. The Bertz CT molecular complexity index is 884. The molecule has 5 nitrogen and oxygen atoms in total. The third-order valence-electron chi connectivity index (χ3n) is 3.40. The summed E-state index contributed by atoms with van der Waals surface area (Å²) < 4.78 is 59.7. The quantitative estimate of drug-likeness (QED) is 0.524. The number of amides is 1. The Morgan fingerprint density at radius 1 is 1.26 bits per heavy atom. The molecule has 1 heterocycles. The van der Waals surface area contributed by atoms with Crippen LogP contribution >= 0.6 is 34.8 Å². The van der Waals surface area contributed by atoms with Gasteiger partial charge in [-0.1, -0.05) is 34.8 Å². The number of rotatable bonds is 5. The second kappa shape index (κ2) is 8.14. The van der Waals surface area contributed by atoms with Gasteiger partial charge in [0, 0.05) is 18.2 Å². The third kappa shape index (κ3) is 4.43. The number of hydrogen-bond acceptors (Lipinski definition) is 3. The summed E-state index contributed by atoms with van der Waals surface area (Å²) in [4.78, 5) is 15.8. The molecule has 0 saturated carbocycles. The molecule has 1 N–H and O–H groups in total. The van der Waals surface area contributed by atoms with Gasteiger partial charge in [0.2, 0.25) is 0 Å². The highest BCUT2D eigenvalue weighted by molar-refractivity contribution is 6.40. The largest absolute Gasteiger partial charge is 0.482 e. The number of carbonyl (C=O) groups is 1. The summed E-state index contributed by atoms with van der Waals surface area (Å²) in [7, 11) is 2.25. The topological polar surface area (TPSA) is 52.5 Å². The third-order valence-corrected chi connectivity index (χ3v) is 4.50. The minimum absolute atomic E-state index is 0.163. The molecule has 0 saturated heterocycles. The monoisotopic (exact) mass is 448 g/mol. The molecule has 12 heteroatoms. The van der Waals surface area contributed by atoms with Gasteiger partial charge in [0.25, 0.3) is 5.91 Å². The fourth-order valence-electron chi connectivity index (χ4n) is 2.28. The molecule has 27 heavy (non-hydrogen) atoms. The maximum Gasteiger partial charge on any atom is 0.432 e. The standard InChI is InChI=1S/C15H11Cl3F4N2O3/c1-24-13(15(20,21)22)12(17)11(14(24)18)6-3-9(7(16)4-8(6)19)27-5-10(25)23-26-2/h3-4H,5H2,1-2H3,(H,23,25). The highest BCUT2D eigenvalue weighted by Crippen LogP contribution is 2.47. The van der Waals surface area contributed by atoms with Crippen LogP contribution in [0.1, 0.15) is 5.69 Å². The maximum atomic E-state index is 14.4. The van der Waals surface area contributed by atoms with Crippen molar-refractivity contribution in [3.05, 3.63) is 38.8 Å². The molecule has 0 radical (unpaired) electrons. The Hall–Kier alpha value is -1.68. The van der Waals surface area contributed by atoms with Gasteiger partial charge >= 0.3 is 6.18 Å². The van der Waals surface area contributed by atoms with E-state index in [1.807, 2.05) is 5.48 Å². The van der Waals surface area contributed by atoms with Gasteiger partial charge in [0.15, 0.2) is 6.61 Å². The second-order valence-electron chi connectivity index (χ2n) is 5.17. The van der Waals surface area contributed by atoms with E-state index in [1.165, 1.54) is 7.11 Å². The van der Waals surface area contributed by atoms with Gasteiger partial charge in [-0.15, -0.1) is 0 Å². The van der Waals surface area contributed by atoms with Crippen molar-refractivity contribution in [3.63, 3.8) is 0 Å². The first-order valence-corrected chi connectivity index (χ1v) is 8.17. The van der Waals surface area contributed by atoms with Crippen molar-refractivity contribution in [1.29, 1.82) is 0 Å². The van der Waals surface area contributed by atoms with Crippen LogP contribution in [0.2, 0.25) is 15.2 Å². The minimum atomic E-state index is -4.81. The highest BCUT2D eigenvalue weighted by Gasteiger charge is 2.40. The van der Waals surface area contributed by atoms with Crippen LogP contribution in [0.4, 0.5) is 17.6 Å². The van der Waals surface area contributed by atoms with Crippen LogP contribution in [0.3, 0.4) is 0 Å². The number of halogens is 7. The fourth-order valence-corrected chi connectivity index (χ4v) is 3.24. The summed E-state index contributed by atoms with van der Waals surface area (Å²) in [5, 5.41) is -1.42. The van der Waals surface area contributed by atoms with Gasteiger partial charge in [-0.05, 0) is 12.1 Å². The summed E-state index contributed by atoms with van der Waals surface area (Å²) >= 11 is 17.6. The van der Waals surface area contributed by atoms with Gasteiger partial charge in [0.1, 0.15) is 22.4 Å². The first-order chi connectivity index (χ1) is 12.5. The number of benzene rings is 1. The van der Waals surface area contributed by atoms with E-state index in [0.717, 1.165) is 19.2 Å². The predicted molar refractivity (Wildman–Crippen MR) is 91.5 cm³/mol. The number of hydrogen-bond donors (Lipinski definition) is 1. The van der Waals surface area contributed by atoms with Crippen molar-refractivity contribution in [2.75, 3.05) is 13.7 Å². The molecule has 0 bridgehead atoms. The lowest BCUT2D eigenvalue weighted by Crippen LogP contribution is -2.27. The van der Waals surface area contributed by atoms with Gasteiger partial charge in [0.05, 0.1) is 17.2 Å². The predicted octanol–water partition coefficient (Wildman–Crippen LogP) is 4.87. The molecule has 1 aromatic carbocycles. The van der Waals surface area contributed by atoms with Crippen molar-refractivity contribution < 1.29 is 31.9 Å². The fraction of sp³-hybridized carbons (Fsp3) is 0.267. The van der Waals surface area contributed by atoms with E-state index in [2.05, 4.69) is 4.84 Å². The lowest BCUT2D eigenvalue weighted by atomic mass is 10.1. The molecule has 2 rings (SSSR count). The zero-order valence-electron chi connectivity index (χ0n) is 13.7. The van der Waals surface area contributed by atoms with Gasteiger partial charge < -0.3 is 9.30 Å². The highest BCUT2D eigenvalue weighted by atomic mass is 35.5. The van der Waals surface area contributed by atoms with Crippen molar-refractivity contribution in [3.8, 4) is 16.9 Å². The number of nitrogens with zero attached hydrogens (tertiary/aromatic N) is 1. The molecule has 1 amide bonds.